The molecule has 0 saturated carbocycles. The Balaban J connectivity index is 2.41. The molecule has 4 heteroatoms. The zero-order chi connectivity index (χ0) is 11.1. The summed E-state index contributed by atoms with van der Waals surface area (Å²) in [5.74, 6) is -0.0852. The third-order valence-corrected chi connectivity index (χ3v) is 1.99. The number of benzene rings is 1. The maximum atomic E-state index is 11.3. The van der Waals surface area contributed by atoms with E-state index in [1.807, 2.05) is 0 Å². The Morgan fingerprint density at radius 1 is 1.27 bits per heavy atom. The molecule has 0 unspecified atom stereocenters. The smallest absolute Gasteiger partial charge is 0.224 e. The van der Waals surface area contributed by atoms with Crippen molar-refractivity contribution in [1.82, 2.24) is 0 Å². The topological polar surface area (TPSA) is 69.6 Å². The number of carbonyl (C=O) groups is 1. The van der Waals surface area contributed by atoms with Gasteiger partial charge in [0, 0.05) is 13.0 Å². The minimum atomic E-state index is -0.148. The van der Waals surface area contributed by atoms with Crippen LogP contribution in [0.3, 0.4) is 0 Å². The van der Waals surface area contributed by atoms with Gasteiger partial charge in [0.15, 0.2) is 0 Å². The number of hydrogen-bond acceptors (Lipinski definition) is 3. The molecule has 15 heavy (non-hydrogen) atoms. The lowest BCUT2D eigenvalue weighted by Crippen LogP contribution is -2.11. The molecule has 1 rings (SSSR count). The highest BCUT2D eigenvalue weighted by molar-refractivity contribution is 5.92. The van der Waals surface area contributed by atoms with Gasteiger partial charge in [-0.1, -0.05) is 12.1 Å². The van der Waals surface area contributed by atoms with E-state index in [0.717, 1.165) is 0 Å². The molecular weight excluding hydrogens is 194 g/mol. The Hall–Kier alpha value is -1.55. The number of aliphatic hydroxyl groups excluding tert-OH is 1. The van der Waals surface area contributed by atoms with Crippen LogP contribution in [-0.4, -0.2) is 22.7 Å². The van der Waals surface area contributed by atoms with Crippen molar-refractivity contribution < 1.29 is 15.0 Å². The Labute approximate surface area is 88.6 Å². The van der Waals surface area contributed by atoms with Crippen molar-refractivity contribution in [3.8, 4) is 5.75 Å². The Morgan fingerprint density at radius 3 is 2.67 bits per heavy atom. The van der Waals surface area contributed by atoms with Crippen molar-refractivity contribution in [2.24, 2.45) is 0 Å². The van der Waals surface area contributed by atoms with E-state index in [4.69, 9.17) is 5.11 Å². The van der Waals surface area contributed by atoms with Crippen molar-refractivity contribution in [2.45, 2.75) is 19.3 Å². The molecule has 82 valence electrons. The summed E-state index contributed by atoms with van der Waals surface area (Å²) in [6.07, 6.45) is 1.62. The van der Waals surface area contributed by atoms with Gasteiger partial charge in [-0.15, -0.1) is 0 Å². The molecule has 0 fully saturated rings. The molecule has 0 radical (unpaired) electrons. The van der Waals surface area contributed by atoms with Crippen LogP contribution in [0.4, 0.5) is 5.69 Å². The molecule has 0 heterocycles. The first-order chi connectivity index (χ1) is 7.24. The van der Waals surface area contributed by atoms with Crippen molar-refractivity contribution >= 4 is 11.6 Å². The third kappa shape index (κ3) is 3.99. The van der Waals surface area contributed by atoms with Crippen molar-refractivity contribution in [3.63, 3.8) is 0 Å². The fraction of sp³-hybridized carbons (Fsp3) is 0.364. The maximum absolute atomic E-state index is 11.3. The number of nitrogens with one attached hydrogen (secondary N) is 1. The molecule has 0 spiro atoms. The number of para-hydroxylation sites is 2. The number of hydrogen-bond donors (Lipinski definition) is 3. The Bertz CT molecular complexity index is 325. The average molecular weight is 209 g/mol. The fourth-order valence-electron chi connectivity index (χ4n) is 1.19. The van der Waals surface area contributed by atoms with E-state index in [1.165, 1.54) is 6.07 Å². The van der Waals surface area contributed by atoms with Crippen LogP contribution in [0.25, 0.3) is 0 Å². The van der Waals surface area contributed by atoms with E-state index in [2.05, 4.69) is 5.32 Å². The van der Waals surface area contributed by atoms with Gasteiger partial charge < -0.3 is 15.5 Å². The summed E-state index contributed by atoms with van der Waals surface area (Å²) in [4.78, 5) is 11.3. The maximum Gasteiger partial charge on any atom is 0.224 e. The highest BCUT2D eigenvalue weighted by atomic mass is 16.3. The number of phenols is 1. The van der Waals surface area contributed by atoms with Gasteiger partial charge in [-0.25, -0.2) is 0 Å². The summed E-state index contributed by atoms with van der Waals surface area (Å²) in [6, 6.07) is 6.59. The number of unbranched alkanes of at least 4 members (excludes halogenated alkanes) is 1. The van der Waals surface area contributed by atoms with Crippen LogP contribution in [-0.2, 0) is 4.79 Å². The molecule has 1 aromatic rings. The molecule has 0 atom stereocenters. The first-order valence-corrected chi connectivity index (χ1v) is 4.92. The molecule has 1 amide bonds. The number of amides is 1. The number of aromatic hydroxyl groups is 1. The van der Waals surface area contributed by atoms with Gasteiger partial charge >= 0.3 is 0 Å². The van der Waals surface area contributed by atoms with E-state index in [-0.39, 0.29) is 18.3 Å². The van der Waals surface area contributed by atoms with Crippen LogP contribution in [0.2, 0.25) is 0 Å². The molecule has 0 saturated heterocycles. The molecule has 4 nitrogen and oxygen atoms in total. The molecule has 3 N–H and O–H groups in total. The number of aliphatic hydroxyl groups is 1. The first-order valence-electron chi connectivity index (χ1n) is 4.92. The zero-order valence-electron chi connectivity index (χ0n) is 8.44. The van der Waals surface area contributed by atoms with Crippen LogP contribution in [0.1, 0.15) is 19.3 Å². The monoisotopic (exact) mass is 209 g/mol. The molecule has 0 aliphatic carbocycles. The summed E-state index contributed by atoms with van der Waals surface area (Å²) in [5.41, 5.74) is 0.423. The SMILES string of the molecule is O=C(CCCCO)Nc1ccccc1O. The van der Waals surface area contributed by atoms with Crippen LogP contribution in [0.5, 0.6) is 5.75 Å². The number of carbonyl (C=O) groups excluding carboxylic acids is 1. The van der Waals surface area contributed by atoms with Crippen LogP contribution in [0.15, 0.2) is 24.3 Å². The van der Waals surface area contributed by atoms with E-state index in [0.29, 0.717) is 24.9 Å². The summed E-state index contributed by atoms with van der Waals surface area (Å²) >= 11 is 0. The highest BCUT2D eigenvalue weighted by Gasteiger charge is 2.04. The van der Waals surface area contributed by atoms with Gasteiger partial charge in [0.25, 0.3) is 0 Å². The molecule has 0 aliphatic rings. The molecular formula is C11H15NO3. The van der Waals surface area contributed by atoms with Gasteiger partial charge in [0.05, 0.1) is 5.69 Å². The zero-order valence-corrected chi connectivity index (χ0v) is 8.44. The van der Waals surface area contributed by atoms with E-state index in [9.17, 15) is 9.90 Å². The lowest BCUT2D eigenvalue weighted by atomic mass is 10.2. The number of rotatable bonds is 5. The summed E-state index contributed by atoms with van der Waals surface area (Å²) in [7, 11) is 0. The van der Waals surface area contributed by atoms with E-state index >= 15 is 0 Å². The van der Waals surface area contributed by atoms with Gasteiger partial charge in [0.2, 0.25) is 5.91 Å². The standard InChI is InChI=1S/C11H15NO3/c13-8-4-3-7-11(15)12-9-5-1-2-6-10(9)14/h1-2,5-6,13-14H,3-4,7-8H2,(H,12,15). The van der Waals surface area contributed by atoms with Crippen LogP contribution < -0.4 is 5.32 Å². The summed E-state index contributed by atoms with van der Waals surface area (Å²) in [5, 5.41) is 20.5. The van der Waals surface area contributed by atoms with Crippen LogP contribution in [0, 0.1) is 0 Å². The second-order valence-electron chi connectivity index (χ2n) is 3.25. The first kappa shape index (κ1) is 11.5. The van der Waals surface area contributed by atoms with Gasteiger partial charge in [-0.3, -0.25) is 4.79 Å². The molecule has 0 bridgehead atoms. The third-order valence-electron chi connectivity index (χ3n) is 1.99. The second-order valence-corrected chi connectivity index (χ2v) is 3.25. The fourth-order valence-corrected chi connectivity index (χ4v) is 1.19. The minimum absolute atomic E-state index is 0.0630. The normalized spacial score (nSPS) is 9.93. The van der Waals surface area contributed by atoms with Gasteiger partial charge in [-0.2, -0.15) is 0 Å². The van der Waals surface area contributed by atoms with Crippen molar-refractivity contribution in [3.05, 3.63) is 24.3 Å². The lowest BCUT2D eigenvalue weighted by Gasteiger charge is -2.06. The quantitative estimate of drug-likeness (QED) is 0.508. The largest absolute Gasteiger partial charge is 0.506 e. The Morgan fingerprint density at radius 2 is 2.00 bits per heavy atom. The second kappa shape index (κ2) is 6.03. The van der Waals surface area contributed by atoms with E-state index in [1.54, 1.807) is 18.2 Å². The van der Waals surface area contributed by atoms with E-state index < -0.39 is 0 Å². The van der Waals surface area contributed by atoms with Crippen molar-refractivity contribution in [1.29, 1.82) is 0 Å². The summed E-state index contributed by atoms with van der Waals surface area (Å²) in [6.45, 7) is 0.101. The predicted octanol–water partition coefficient (Wildman–Crippen LogP) is 1.49. The number of anilines is 1. The Kier molecular flexibility index (Phi) is 4.63. The predicted molar refractivity (Wildman–Crippen MR) is 57.7 cm³/mol. The molecule has 0 aromatic heterocycles. The van der Waals surface area contributed by atoms with Gasteiger partial charge in [0.1, 0.15) is 5.75 Å². The molecule has 0 aliphatic heterocycles. The van der Waals surface area contributed by atoms with Gasteiger partial charge in [-0.05, 0) is 25.0 Å². The number of phenolic OH excluding ortho intramolecular Hbond substituents is 1. The average Bonchev–Trinajstić information content (AvgIpc) is 2.22. The van der Waals surface area contributed by atoms with Crippen LogP contribution >= 0.6 is 0 Å². The molecule has 1 aromatic carbocycles. The highest BCUT2D eigenvalue weighted by Crippen LogP contribution is 2.21. The lowest BCUT2D eigenvalue weighted by molar-refractivity contribution is -0.116. The van der Waals surface area contributed by atoms with Crippen molar-refractivity contribution in [2.75, 3.05) is 11.9 Å². The minimum Gasteiger partial charge on any atom is -0.506 e. The summed E-state index contributed by atoms with van der Waals surface area (Å²) < 4.78 is 0.